The molecule has 2 atom stereocenters. The van der Waals surface area contributed by atoms with Gasteiger partial charge >= 0.3 is 0 Å². The van der Waals surface area contributed by atoms with Gasteiger partial charge in [0.25, 0.3) is 0 Å². The molecule has 0 bridgehead atoms. The van der Waals surface area contributed by atoms with E-state index in [1.165, 1.54) is 30.1 Å². The molecular formula is C18H35IN4OS2. The largest absolute Gasteiger partial charge is 0.379 e. The number of halogens is 1. The second-order valence-corrected chi connectivity index (χ2v) is 9.66. The van der Waals surface area contributed by atoms with Crippen LogP contribution in [0.25, 0.3) is 0 Å². The Labute approximate surface area is 184 Å². The Balaban J connectivity index is 0.00000243. The normalized spacial score (nSPS) is 30.9. The van der Waals surface area contributed by atoms with Crippen molar-refractivity contribution in [3.63, 3.8) is 0 Å². The third-order valence-corrected chi connectivity index (χ3v) is 8.12. The molecule has 0 saturated carbocycles. The van der Waals surface area contributed by atoms with E-state index in [0.717, 1.165) is 63.7 Å². The van der Waals surface area contributed by atoms with Crippen molar-refractivity contribution in [2.75, 3.05) is 69.7 Å². The average molecular weight is 515 g/mol. The highest BCUT2D eigenvalue weighted by Gasteiger charge is 2.40. The molecule has 0 aromatic carbocycles. The van der Waals surface area contributed by atoms with Crippen LogP contribution in [0.15, 0.2) is 4.99 Å². The van der Waals surface area contributed by atoms with Gasteiger partial charge in [0.15, 0.2) is 5.96 Å². The van der Waals surface area contributed by atoms with E-state index < -0.39 is 0 Å². The van der Waals surface area contributed by atoms with Crippen molar-refractivity contribution < 1.29 is 4.74 Å². The van der Waals surface area contributed by atoms with E-state index in [4.69, 9.17) is 9.73 Å². The number of thioether (sulfide) groups is 2. The van der Waals surface area contributed by atoms with Crippen LogP contribution in [0.2, 0.25) is 0 Å². The van der Waals surface area contributed by atoms with E-state index in [9.17, 15) is 0 Å². The number of rotatable bonds is 5. The molecule has 5 nitrogen and oxygen atoms in total. The molecule has 0 amide bonds. The van der Waals surface area contributed by atoms with Gasteiger partial charge < -0.3 is 15.0 Å². The van der Waals surface area contributed by atoms with Crippen LogP contribution in [-0.4, -0.2) is 96.3 Å². The Morgan fingerprint density at radius 1 is 1.23 bits per heavy atom. The van der Waals surface area contributed by atoms with Crippen LogP contribution < -0.4 is 5.32 Å². The minimum Gasteiger partial charge on any atom is -0.379 e. The maximum absolute atomic E-state index is 5.58. The summed E-state index contributed by atoms with van der Waals surface area (Å²) in [5, 5.41) is 4.30. The predicted molar refractivity (Wildman–Crippen MR) is 127 cm³/mol. The summed E-state index contributed by atoms with van der Waals surface area (Å²) >= 11 is 4.21. The standard InChI is InChI=1S/C18H34N4OS2.HI/c1-3-16-13-21(8-12-25-16)17(19-4-2)20-14-18(5-11-24-15-18)22-6-9-23-10-7-22;/h16H,3-15H2,1-2H3,(H,19,20);1H. The first-order chi connectivity index (χ1) is 12.3. The van der Waals surface area contributed by atoms with E-state index in [-0.39, 0.29) is 29.5 Å². The third kappa shape index (κ3) is 5.81. The van der Waals surface area contributed by atoms with Gasteiger partial charge in [-0.1, -0.05) is 6.92 Å². The molecule has 0 aliphatic carbocycles. The zero-order valence-corrected chi connectivity index (χ0v) is 20.2. The number of hydrogen-bond acceptors (Lipinski definition) is 5. The summed E-state index contributed by atoms with van der Waals surface area (Å²) in [5.41, 5.74) is 0.240. The fourth-order valence-electron chi connectivity index (χ4n) is 3.91. The minimum absolute atomic E-state index is 0. The van der Waals surface area contributed by atoms with Crippen molar-refractivity contribution in [1.29, 1.82) is 0 Å². The van der Waals surface area contributed by atoms with Crippen LogP contribution in [-0.2, 0) is 4.74 Å². The number of nitrogens with one attached hydrogen (secondary N) is 1. The molecule has 152 valence electrons. The smallest absolute Gasteiger partial charge is 0.194 e. The maximum Gasteiger partial charge on any atom is 0.194 e. The highest BCUT2D eigenvalue weighted by Crippen LogP contribution is 2.34. The number of ether oxygens (including phenoxy) is 1. The van der Waals surface area contributed by atoms with E-state index in [0.29, 0.717) is 0 Å². The molecule has 3 rings (SSSR count). The van der Waals surface area contributed by atoms with Gasteiger partial charge in [-0.25, -0.2) is 0 Å². The van der Waals surface area contributed by atoms with Crippen molar-refractivity contribution in [2.24, 2.45) is 4.99 Å². The second kappa shape index (κ2) is 11.6. The molecule has 3 saturated heterocycles. The molecular weight excluding hydrogens is 479 g/mol. The van der Waals surface area contributed by atoms with Crippen molar-refractivity contribution in [3.8, 4) is 0 Å². The van der Waals surface area contributed by atoms with E-state index in [2.05, 4.69) is 52.5 Å². The lowest BCUT2D eigenvalue weighted by molar-refractivity contribution is -0.0105. The molecule has 26 heavy (non-hydrogen) atoms. The summed E-state index contributed by atoms with van der Waals surface area (Å²) in [6, 6.07) is 0. The van der Waals surface area contributed by atoms with Crippen molar-refractivity contribution in [2.45, 2.75) is 37.5 Å². The van der Waals surface area contributed by atoms with Crippen molar-refractivity contribution >= 4 is 53.5 Å². The lowest BCUT2D eigenvalue weighted by Gasteiger charge is -2.42. The van der Waals surface area contributed by atoms with E-state index >= 15 is 0 Å². The quantitative estimate of drug-likeness (QED) is 0.346. The first-order valence-corrected chi connectivity index (χ1v) is 12.0. The van der Waals surface area contributed by atoms with Crippen LogP contribution in [0.4, 0.5) is 0 Å². The van der Waals surface area contributed by atoms with Gasteiger partial charge in [-0.05, 0) is 25.5 Å². The van der Waals surface area contributed by atoms with Gasteiger partial charge in [-0.15, -0.1) is 24.0 Å². The number of aliphatic imine (C=N–C) groups is 1. The highest BCUT2D eigenvalue weighted by atomic mass is 127. The van der Waals surface area contributed by atoms with Crippen LogP contribution in [0.1, 0.15) is 26.7 Å². The van der Waals surface area contributed by atoms with Crippen molar-refractivity contribution in [3.05, 3.63) is 0 Å². The molecule has 2 unspecified atom stereocenters. The fourth-order valence-corrected chi connectivity index (χ4v) is 6.56. The van der Waals surface area contributed by atoms with Gasteiger partial charge in [0.1, 0.15) is 0 Å². The van der Waals surface area contributed by atoms with Crippen LogP contribution in [0.3, 0.4) is 0 Å². The first kappa shape index (κ1) is 22.9. The van der Waals surface area contributed by atoms with Gasteiger partial charge in [0.2, 0.25) is 0 Å². The van der Waals surface area contributed by atoms with Gasteiger partial charge in [0.05, 0.1) is 25.3 Å². The molecule has 0 aromatic heterocycles. The number of guanidine groups is 1. The van der Waals surface area contributed by atoms with Gasteiger partial charge in [-0.3, -0.25) is 9.89 Å². The van der Waals surface area contributed by atoms with Crippen LogP contribution in [0, 0.1) is 0 Å². The first-order valence-electron chi connectivity index (χ1n) is 9.83. The van der Waals surface area contributed by atoms with Crippen LogP contribution >= 0.6 is 47.5 Å². The fraction of sp³-hybridized carbons (Fsp3) is 0.944. The number of hydrogen-bond donors (Lipinski definition) is 1. The number of morpholine rings is 1. The molecule has 3 fully saturated rings. The zero-order valence-electron chi connectivity index (χ0n) is 16.2. The maximum atomic E-state index is 5.58. The van der Waals surface area contributed by atoms with E-state index in [1.807, 2.05) is 0 Å². The zero-order chi connectivity index (χ0) is 17.5. The predicted octanol–water partition coefficient (Wildman–Crippen LogP) is 2.61. The molecule has 3 aliphatic rings. The topological polar surface area (TPSA) is 40.1 Å². The second-order valence-electron chi connectivity index (χ2n) is 7.14. The van der Waals surface area contributed by atoms with E-state index in [1.54, 1.807) is 0 Å². The Kier molecular flexibility index (Phi) is 10.2. The minimum atomic E-state index is 0. The SMILES string of the molecule is CCNC(=NCC1(N2CCOCC2)CCSC1)N1CCSC(CC)C1.I. The molecule has 3 aliphatic heterocycles. The molecule has 8 heteroatoms. The van der Waals surface area contributed by atoms with Crippen LogP contribution in [0.5, 0.6) is 0 Å². The molecule has 0 spiro atoms. The summed E-state index contributed by atoms with van der Waals surface area (Å²) in [6.07, 6.45) is 2.50. The molecule has 1 N–H and O–H groups in total. The van der Waals surface area contributed by atoms with Gasteiger partial charge in [-0.2, -0.15) is 23.5 Å². The Bertz CT molecular complexity index is 443. The van der Waals surface area contributed by atoms with Gasteiger partial charge in [0, 0.05) is 49.5 Å². The highest BCUT2D eigenvalue weighted by molar-refractivity contribution is 14.0. The molecule has 3 heterocycles. The third-order valence-electron chi connectivity index (χ3n) is 5.52. The average Bonchev–Trinajstić information content (AvgIpc) is 3.16. The number of nitrogens with zero attached hydrogens (tertiary/aromatic N) is 3. The lowest BCUT2D eigenvalue weighted by atomic mass is 9.96. The lowest BCUT2D eigenvalue weighted by Crippen LogP contribution is -2.56. The Hall–Kier alpha value is 0.620. The summed E-state index contributed by atoms with van der Waals surface area (Å²) in [6.45, 7) is 12.5. The summed E-state index contributed by atoms with van der Waals surface area (Å²) < 4.78 is 5.58. The summed E-state index contributed by atoms with van der Waals surface area (Å²) in [4.78, 5) is 10.3. The molecule has 0 radical (unpaired) electrons. The molecule has 0 aromatic rings. The summed E-state index contributed by atoms with van der Waals surface area (Å²) in [5.74, 6) is 4.82. The Morgan fingerprint density at radius 2 is 2.04 bits per heavy atom. The monoisotopic (exact) mass is 514 g/mol. The Morgan fingerprint density at radius 3 is 2.69 bits per heavy atom. The van der Waals surface area contributed by atoms with Crippen molar-refractivity contribution in [1.82, 2.24) is 15.1 Å². The summed E-state index contributed by atoms with van der Waals surface area (Å²) in [7, 11) is 0.